The number of benzene rings is 1. The Morgan fingerprint density at radius 2 is 2.05 bits per heavy atom. The summed E-state index contributed by atoms with van der Waals surface area (Å²) in [5, 5.41) is 0.631. The number of sulfone groups is 1. The number of carbonyl (C=O) groups is 1. The van der Waals surface area contributed by atoms with Crippen LogP contribution in [0.25, 0.3) is 0 Å². The van der Waals surface area contributed by atoms with E-state index in [0.717, 1.165) is 0 Å². The molecule has 2 unspecified atom stereocenters. The molecule has 0 aromatic heterocycles. The second kappa shape index (κ2) is 5.66. The monoisotopic (exact) mass is 342 g/mol. The number of carbonyl (C=O) groups excluding carboxylic acids is 1. The van der Waals surface area contributed by atoms with Gasteiger partial charge in [0.15, 0.2) is 15.0 Å². The summed E-state index contributed by atoms with van der Waals surface area (Å²) in [5.41, 5.74) is 0.695. The molecule has 1 fully saturated rings. The molecule has 0 aliphatic carbocycles. The van der Waals surface area contributed by atoms with E-state index in [4.69, 9.17) is 0 Å². The van der Waals surface area contributed by atoms with Gasteiger partial charge in [0.2, 0.25) is 0 Å². The highest BCUT2D eigenvalue weighted by Crippen LogP contribution is 2.35. The molecule has 2 aliphatic rings. The smallest absolute Gasteiger partial charge is 0.164 e. The second-order valence-corrected chi connectivity index (χ2v) is 8.56. The topological polar surface area (TPSA) is 66.8 Å². The van der Waals surface area contributed by atoms with Crippen molar-refractivity contribution in [2.45, 2.75) is 19.0 Å². The van der Waals surface area contributed by atoms with Crippen molar-refractivity contribution >= 4 is 38.2 Å². The highest BCUT2D eigenvalue weighted by Gasteiger charge is 2.47. The van der Waals surface area contributed by atoms with Crippen LogP contribution in [-0.4, -0.2) is 48.7 Å². The van der Waals surface area contributed by atoms with Gasteiger partial charge >= 0.3 is 0 Å². The summed E-state index contributed by atoms with van der Waals surface area (Å²) >= 11 is 1.29. The van der Waals surface area contributed by atoms with Crippen molar-refractivity contribution in [1.82, 2.24) is 0 Å². The van der Waals surface area contributed by atoms with Crippen molar-refractivity contribution in [3.8, 4) is 0 Å². The lowest BCUT2D eigenvalue weighted by Crippen LogP contribution is -2.39. The summed E-state index contributed by atoms with van der Waals surface area (Å²) < 4.78 is 36.8. The van der Waals surface area contributed by atoms with Crippen LogP contribution in [-0.2, 0) is 14.6 Å². The molecule has 0 bridgehead atoms. The van der Waals surface area contributed by atoms with Crippen LogP contribution in [0.1, 0.15) is 6.92 Å². The molecule has 0 N–H and O–H groups in total. The zero-order valence-corrected chi connectivity index (χ0v) is 13.5. The lowest BCUT2D eigenvalue weighted by molar-refractivity contribution is -0.114. The summed E-state index contributed by atoms with van der Waals surface area (Å²) in [7, 11) is -3.11. The van der Waals surface area contributed by atoms with Gasteiger partial charge in [-0.05, 0) is 31.2 Å². The highest BCUT2D eigenvalue weighted by atomic mass is 32.2. The van der Waals surface area contributed by atoms with Crippen molar-refractivity contribution < 1.29 is 17.6 Å². The standard InChI is InChI=1S/C14H15FN2O3S2/c1-9(18)6-21-14-16-12-7-22(19,20)8-13(12)17(14)11-4-2-10(15)3-5-11/h2-5,12-13H,6-8H2,1H3. The van der Waals surface area contributed by atoms with Crippen molar-refractivity contribution in [3.05, 3.63) is 30.1 Å². The lowest BCUT2D eigenvalue weighted by Gasteiger charge is -2.26. The average Bonchev–Trinajstić information content (AvgIpc) is 2.89. The van der Waals surface area contributed by atoms with E-state index >= 15 is 0 Å². The highest BCUT2D eigenvalue weighted by molar-refractivity contribution is 8.14. The Labute approximate surface area is 132 Å². The van der Waals surface area contributed by atoms with Crippen molar-refractivity contribution in [2.24, 2.45) is 4.99 Å². The molecule has 5 nitrogen and oxygen atoms in total. The number of anilines is 1. The van der Waals surface area contributed by atoms with E-state index < -0.39 is 9.84 Å². The first-order valence-corrected chi connectivity index (χ1v) is 9.62. The van der Waals surface area contributed by atoms with Crippen molar-refractivity contribution in [2.75, 3.05) is 22.2 Å². The zero-order valence-electron chi connectivity index (χ0n) is 11.9. The van der Waals surface area contributed by atoms with Crippen LogP contribution in [0.15, 0.2) is 29.3 Å². The fourth-order valence-electron chi connectivity index (χ4n) is 2.70. The van der Waals surface area contributed by atoms with Gasteiger partial charge in [-0.2, -0.15) is 0 Å². The maximum Gasteiger partial charge on any atom is 0.164 e. The first-order valence-electron chi connectivity index (χ1n) is 6.81. The molecule has 2 atom stereocenters. The van der Waals surface area contributed by atoms with E-state index in [1.807, 2.05) is 4.90 Å². The summed E-state index contributed by atoms with van der Waals surface area (Å²) in [6.45, 7) is 1.50. The molecule has 2 aliphatic heterocycles. The van der Waals surface area contributed by atoms with E-state index in [9.17, 15) is 17.6 Å². The van der Waals surface area contributed by atoms with Gasteiger partial charge in [-0.1, -0.05) is 11.8 Å². The Balaban J connectivity index is 1.93. The van der Waals surface area contributed by atoms with Gasteiger partial charge in [0.05, 0.1) is 29.3 Å². The van der Waals surface area contributed by atoms with Crippen molar-refractivity contribution in [3.63, 3.8) is 0 Å². The molecule has 0 spiro atoms. The maximum absolute atomic E-state index is 13.1. The van der Waals surface area contributed by atoms with Crippen LogP contribution >= 0.6 is 11.8 Å². The minimum absolute atomic E-state index is 0.0245. The van der Waals surface area contributed by atoms with Crippen LogP contribution in [0.5, 0.6) is 0 Å². The van der Waals surface area contributed by atoms with Crippen molar-refractivity contribution in [1.29, 1.82) is 0 Å². The average molecular weight is 342 g/mol. The third kappa shape index (κ3) is 3.03. The van der Waals surface area contributed by atoms with Crippen LogP contribution in [0.2, 0.25) is 0 Å². The normalized spacial score (nSPS) is 25.9. The maximum atomic E-state index is 13.1. The number of halogens is 1. The molecular formula is C14H15FN2O3S2. The number of hydrogen-bond acceptors (Lipinski definition) is 6. The predicted octanol–water partition coefficient (Wildman–Crippen LogP) is 1.49. The number of ketones is 1. The molecule has 0 amide bonds. The Bertz CT molecular complexity index is 731. The minimum atomic E-state index is -3.11. The third-order valence-corrected chi connectivity index (χ3v) is 6.43. The van der Waals surface area contributed by atoms with Gasteiger partial charge in [-0.15, -0.1) is 0 Å². The van der Waals surface area contributed by atoms with E-state index in [1.165, 1.54) is 30.8 Å². The molecule has 1 aromatic carbocycles. The molecular weight excluding hydrogens is 327 g/mol. The first-order chi connectivity index (χ1) is 10.4. The molecule has 0 radical (unpaired) electrons. The van der Waals surface area contributed by atoms with Gasteiger partial charge in [-0.25, -0.2) is 12.8 Å². The van der Waals surface area contributed by atoms with Gasteiger partial charge in [0.25, 0.3) is 0 Å². The number of fused-ring (bicyclic) bond motifs is 1. The van der Waals surface area contributed by atoms with Crippen LogP contribution in [0.3, 0.4) is 0 Å². The fourth-order valence-corrected chi connectivity index (χ4v) is 5.47. The number of amidine groups is 1. The zero-order chi connectivity index (χ0) is 15.9. The van der Waals surface area contributed by atoms with Gasteiger partial charge < -0.3 is 4.90 Å². The van der Waals surface area contributed by atoms with Gasteiger partial charge in [0, 0.05) is 5.69 Å². The SMILES string of the molecule is CC(=O)CSC1=NC2CS(=O)(=O)CC2N1c1ccc(F)cc1. The largest absolute Gasteiger partial charge is 0.315 e. The van der Waals surface area contributed by atoms with Gasteiger partial charge in [0.1, 0.15) is 11.6 Å². The number of nitrogens with zero attached hydrogens (tertiary/aromatic N) is 2. The Morgan fingerprint density at radius 3 is 2.68 bits per heavy atom. The molecule has 1 aromatic rings. The van der Waals surface area contributed by atoms with E-state index in [2.05, 4.69) is 4.99 Å². The predicted molar refractivity (Wildman–Crippen MR) is 85.7 cm³/mol. The molecule has 0 saturated carbocycles. The third-order valence-electron chi connectivity index (χ3n) is 3.62. The Hall–Kier alpha value is -1.41. The van der Waals surface area contributed by atoms with Crippen LogP contribution in [0.4, 0.5) is 10.1 Å². The van der Waals surface area contributed by atoms with E-state index in [0.29, 0.717) is 10.9 Å². The number of rotatable bonds is 3. The van der Waals surface area contributed by atoms with Crippen LogP contribution < -0.4 is 4.90 Å². The molecule has 8 heteroatoms. The summed E-state index contributed by atoms with van der Waals surface area (Å²) in [6.07, 6.45) is 0. The number of thioether (sulfide) groups is 1. The first kappa shape index (κ1) is 15.5. The molecule has 22 heavy (non-hydrogen) atoms. The Kier molecular flexibility index (Phi) is 3.98. The second-order valence-electron chi connectivity index (χ2n) is 5.46. The van der Waals surface area contributed by atoms with E-state index in [1.54, 1.807) is 12.1 Å². The molecule has 1 saturated heterocycles. The quantitative estimate of drug-likeness (QED) is 0.833. The minimum Gasteiger partial charge on any atom is -0.315 e. The summed E-state index contributed by atoms with van der Waals surface area (Å²) in [5.74, 6) is 0.00934. The van der Waals surface area contributed by atoms with Gasteiger partial charge in [-0.3, -0.25) is 9.79 Å². The molecule has 2 heterocycles. The summed E-state index contributed by atoms with van der Waals surface area (Å²) in [4.78, 5) is 17.5. The Morgan fingerprint density at radius 1 is 1.36 bits per heavy atom. The van der Waals surface area contributed by atoms with Crippen LogP contribution in [0, 0.1) is 5.82 Å². The summed E-state index contributed by atoms with van der Waals surface area (Å²) in [6, 6.07) is 5.28. The number of hydrogen-bond donors (Lipinski definition) is 0. The lowest BCUT2D eigenvalue weighted by atomic mass is 10.1. The van der Waals surface area contributed by atoms with E-state index in [-0.39, 0.29) is 40.9 Å². The molecule has 3 rings (SSSR count). The number of aliphatic imine (C=N–C) groups is 1. The fraction of sp³-hybridized carbons (Fsp3) is 0.429. The molecule has 118 valence electrons. The number of Topliss-reactive ketones (excluding diaryl/α,β-unsaturated/α-hetero) is 1.